The summed E-state index contributed by atoms with van der Waals surface area (Å²) in [5.41, 5.74) is 1.13. The second-order valence-electron chi connectivity index (χ2n) is 6.25. The molecule has 0 aliphatic heterocycles. The van der Waals surface area contributed by atoms with E-state index < -0.39 is 0 Å². The third kappa shape index (κ3) is 13.5. The van der Waals surface area contributed by atoms with Gasteiger partial charge in [0.05, 0.1) is 6.10 Å². The third-order valence-corrected chi connectivity index (χ3v) is 3.27. The van der Waals surface area contributed by atoms with Gasteiger partial charge in [-0.05, 0) is 44.1 Å². The Balaban J connectivity index is 3.77. The fraction of sp³-hybridized carbons (Fsp3) is 0.778. The van der Waals surface area contributed by atoms with Gasteiger partial charge in [-0.25, -0.2) is 0 Å². The van der Waals surface area contributed by atoms with Gasteiger partial charge in [0, 0.05) is 6.42 Å². The molecule has 0 bridgehead atoms. The van der Waals surface area contributed by atoms with E-state index in [9.17, 15) is 0 Å². The fourth-order valence-corrected chi connectivity index (χ4v) is 1.99. The molecule has 1 heteroatoms. The highest BCUT2D eigenvalue weighted by atomic mass is 16.3. The van der Waals surface area contributed by atoms with Crippen molar-refractivity contribution in [3.05, 3.63) is 11.6 Å². The molecule has 0 aliphatic rings. The maximum absolute atomic E-state index is 9.11. The molecule has 2 unspecified atom stereocenters. The summed E-state index contributed by atoms with van der Waals surface area (Å²) in [5, 5.41) is 9.11. The van der Waals surface area contributed by atoms with Crippen LogP contribution in [-0.2, 0) is 0 Å². The van der Waals surface area contributed by atoms with Gasteiger partial charge in [0.2, 0.25) is 0 Å². The molecule has 0 rings (SSSR count). The van der Waals surface area contributed by atoms with Crippen molar-refractivity contribution in [1.82, 2.24) is 0 Å². The van der Waals surface area contributed by atoms with Crippen molar-refractivity contribution in [3.8, 4) is 11.8 Å². The molecule has 1 N–H and O–H groups in total. The van der Waals surface area contributed by atoms with Gasteiger partial charge in [0.1, 0.15) is 0 Å². The Labute approximate surface area is 120 Å². The molecule has 0 aromatic carbocycles. The van der Waals surface area contributed by atoms with E-state index in [-0.39, 0.29) is 6.10 Å². The Kier molecular flexibility index (Phi) is 10.7. The maximum Gasteiger partial charge on any atom is 0.0621 e. The van der Waals surface area contributed by atoms with E-state index in [2.05, 4.69) is 45.6 Å². The monoisotopic (exact) mass is 264 g/mol. The molecule has 110 valence electrons. The minimum absolute atomic E-state index is 0.318. The normalized spacial score (nSPS) is 15.0. The van der Waals surface area contributed by atoms with Crippen LogP contribution in [0.3, 0.4) is 0 Å². The summed E-state index contributed by atoms with van der Waals surface area (Å²) >= 11 is 0. The van der Waals surface area contributed by atoms with Crippen LogP contribution >= 0.6 is 0 Å². The number of hydrogen-bond donors (Lipinski definition) is 1. The van der Waals surface area contributed by atoms with Crippen molar-refractivity contribution in [3.63, 3.8) is 0 Å². The van der Waals surface area contributed by atoms with Gasteiger partial charge in [-0.15, -0.1) is 0 Å². The van der Waals surface area contributed by atoms with Crippen molar-refractivity contribution in [2.24, 2.45) is 11.8 Å². The first kappa shape index (κ1) is 18.3. The average Bonchev–Trinajstić information content (AvgIpc) is 2.27. The first-order chi connectivity index (χ1) is 8.91. The van der Waals surface area contributed by atoms with Gasteiger partial charge in [-0.2, -0.15) is 0 Å². The molecule has 0 aromatic rings. The summed E-state index contributed by atoms with van der Waals surface area (Å²) in [6.45, 7) is 10.8. The number of aliphatic hydroxyl groups is 1. The number of allylic oxidation sites excluding steroid dienone is 2. The van der Waals surface area contributed by atoms with Crippen LogP contribution < -0.4 is 0 Å². The second kappa shape index (κ2) is 11.1. The van der Waals surface area contributed by atoms with Crippen LogP contribution in [0.2, 0.25) is 0 Å². The summed E-state index contributed by atoms with van der Waals surface area (Å²) in [7, 11) is 0. The second-order valence-corrected chi connectivity index (χ2v) is 6.25. The highest BCUT2D eigenvalue weighted by molar-refractivity contribution is 5.26. The molecule has 19 heavy (non-hydrogen) atoms. The van der Waals surface area contributed by atoms with E-state index in [4.69, 9.17) is 5.11 Å². The Morgan fingerprint density at radius 3 is 2.37 bits per heavy atom. The van der Waals surface area contributed by atoms with E-state index in [0.717, 1.165) is 23.8 Å². The van der Waals surface area contributed by atoms with Crippen molar-refractivity contribution >= 4 is 0 Å². The van der Waals surface area contributed by atoms with Crippen LogP contribution in [0.4, 0.5) is 0 Å². The number of rotatable bonds is 8. The zero-order valence-electron chi connectivity index (χ0n) is 13.5. The molecule has 2 atom stereocenters. The first-order valence-corrected chi connectivity index (χ1v) is 7.75. The van der Waals surface area contributed by atoms with Crippen molar-refractivity contribution in [2.45, 2.75) is 79.2 Å². The van der Waals surface area contributed by atoms with Crippen LogP contribution in [-0.4, -0.2) is 11.2 Å². The predicted octanol–water partition coefficient (Wildman–Crippen LogP) is 4.95. The molecule has 1 nitrogen and oxygen atoms in total. The van der Waals surface area contributed by atoms with Gasteiger partial charge >= 0.3 is 0 Å². The van der Waals surface area contributed by atoms with Gasteiger partial charge in [0.25, 0.3) is 0 Å². The Morgan fingerprint density at radius 2 is 1.79 bits per heavy atom. The van der Waals surface area contributed by atoms with Gasteiger partial charge in [0.15, 0.2) is 0 Å². The van der Waals surface area contributed by atoms with E-state index in [1.165, 1.54) is 25.7 Å². The first-order valence-electron chi connectivity index (χ1n) is 7.75. The molecular weight excluding hydrogens is 232 g/mol. The fourth-order valence-electron chi connectivity index (χ4n) is 1.99. The zero-order chi connectivity index (χ0) is 14.7. The molecule has 0 spiro atoms. The highest BCUT2D eigenvalue weighted by Crippen LogP contribution is 2.17. The number of aliphatic hydroxyl groups excluding tert-OH is 1. The van der Waals surface area contributed by atoms with Crippen molar-refractivity contribution in [1.29, 1.82) is 0 Å². The van der Waals surface area contributed by atoms with Gasteiger partial charge in [-0.3, -0.25) is 0 Å². The summed E-state index contributed by atoms with van der Waals surface area (Å²) in [4.78, 5) is 0. The van der Waals surface area contributed by atoms with Crippen LogP contribution in [0.15, 0.2) is 11.6 Å². The van der Waals surface area contributed by atoms with Crippen molar-refractivity contribution < 1.29 is 5.11 Å². The lowest BCUT2D eigenvalue weighted by atomic mass is 9.96. The molecule has 0 saturated heterocycles. The van der Waals surface area contributed by atoms with Crippen molar-refractivity contribution in [2.75, 3.05) is 0 Å². The summed E-state index contributed by atoms with van der Waals surface area (Å²) in [6.07, 6.45) is 8.91. The molecular formula is C18H32O. The molecule has 0 aromatic heterocycles. The molecule has 0 aliphatic carbocycles. The molecule has 0 fully saturated rings. The van der Waals surface area contributed by atoms with E-state index >= 15 is 0 Å². The van der Waals surface area contributed by atoms with E-state index in [0.29, 0.717) is 6.42 Å². The molecule has 0 radical (unpaired) electrons. The van der Waals surface area contributed by atoms with E-state index in [1.807, 2.05) is 0 Å². The third-order valence-electron chi connectivity index (χ3n) is 3.27. The molecule has 0 heterocycles. The van der Waals surface area contributed by atoms with Crippen LogP contribution in [0.5, 0.6) is 0 Å². The van der Waals surface area contributed by atoms with Gasteiger partial charge < -0.3 is 5.11 Å². The van der Waals surface area contributed by atoms with Crippen LogP contribution in [0.25, 0.3) is 0 Å². The zero-order valence-corrected chi connectivity index (χ0v) is 13.5. The highest BCUT2D eigenvalue weighted by Gasteiger charge is 2.02. The molecule has 0 saturated carbocycles. The van der Waals surface area contributed by atoms with Gasteiger partial charge in [-0.1, -0.05) is 58.0 Å². The minimum Gasteiger partial charge on any atom is -0.392 e. The predicted molar refractivity (Wildman–Crippen MR) is 84.9 cm³/mol. The standard InChI is InChI=1S/C18H32O/c1-15(2)9-6-10-16(3)11-7-12-17(4)13-8-14-18(5)19/h12,15-16,18-19H,6-7,9-11,14H2,1-5H3. The lowest BCUT2D eigenvalue weighted by Gasteiger charge is -2.10. The largest absolute Gasteiger partial charge is 0.392 e. The summed E-state index contributed by atoms with van der Waals surface area (Å²) < 4.78 is 0. The minimum atomic E-state index is -0.318. The summed E-state index contributed by atoms with van der Waals surface area (Å²) in [5.74, 6) is 7.74. The Morgan fingerprint density at radius 1 is 1.11 bits per heavy atom. The van der Waals surface area contributed by atoms with Crippen LogP contribution in [0.1, 0.15) is 73.1 Å². The van der Waals surface area contributed by atoms with E-state index in [1.54, 1.807) is 6.92 Å². The number of hydrogen-bond acceptors (Lipinski definition) is 1. The van der Waals surface area contributed by atoms with Crippen LogP contribution in [0, 0.1) is 23.7 Å². The quantitative estimate of drug-likeness (QED) is 0.615. The molecule has 0 amide bonds. The smallest absolute Gasteiger partial charge is 0.0621 e. The topological polar surface area (TPSA) is 20.2 Å². The SMILES string of the molecule is CC(C#CCC(C)O)=CCCC(C)CCCC(C)C. The average molecular weight is 264 g/mol. The lowest BCUT2D eigenvalue weighted by molar-refractivity contribution is 0.201. The maximum atomic E-state index is 9.11. The Bertz CT molecular complexity index is 301. The Hall–Kier alpha value is -0.740. The summed E-state index contributed by atoms with van der Waals surface area (Å²) in [6, 6.07) is 0. The lowest BCUT2D eigenvalue weighted by Crippen LogP contribution is -1.96.